The molecule has 0 atom stereocenters. The fraction of sp³-hybridized carbons (Fsp3) is 0.400. The molecule has 1 rings (SSSR count). The topological polar surface area (TPSA) is 77.2 Å². The number of pyridine rings is 1. The summed E-state index contributed by atoms with van der Waals surface area (Å²) >= 11 is 0. The number of nitrogens with two attached hydrogens (primary N) is 1. The number of nitrogens with zero attached hydrogens (tertiary/aromatic N) is 1. The highest BCUT2D eigenvalue weighted by atomic mass is 19.3. The van der Waals surface area contributed by atoms with Gasteiger partial charge in [0.05, 0.1) is 19.3 Å². The summed E-state index contributed by atoms with van der Waals surface area (Å²) in [5.74, 6) is -5.32. The quantitative estimate of drug-likeness (QED) is 0.635. The van der Waals surface area contributed by atoms with Crippen molar-refractivity contribution < 1.29 is 27.1 Å². The first-order valence-corrected chi connectivity index (χ1v) is 5.02. The summed E-state index contributed by atoms with van der Waals surface area (Å²) in [4.78, 5) is 14.8. The molecule has 0 bridgehead atoms. The van der Waals surface area contributed by atoms with E-state index in [1.165, 1.54) is 12.1 Å². The molecule has 0 spiro atoms. The Morgan fingerprint density at radius 2 is 2.16 bits per heavy atom. The van der Waals surface area contributed by atoms with E-state index in [0.717, 1.165) is 7.11 Å². The second-order valence-corrected chi connectivity index (χ2v) is 3.54. The molecule has 0 amide bonds. The van der Waals surface area contributed by atoms with Crippen LogP contribution in [0.5, 0.6) is 0 Å². The first-order valence-electron chi connectivity index (χ1n) is 5.02. The Kier molecular flexibility index (Phi) is 4.52. The summed E-state index contributed by atoms with van der Waals surface area (Å²) < 4.78 is 53.7. The van der Waals surface area contributed by atoms with Crippen molar-refractivity contribution >= 4 is 17.5 Å². The third-order valence-electron chi connectivity index (χ3n) is 2.13. The Morgan fingerprint density at radius 3 is 2.68 bits per heavy atom. The zero-order valence-electron chi connectivity index (χ0n) is 9.79. The molecule has 19 heavy (non-hydrogen) atoms. The van der Waals surface area contributed by atoms with E-state index in [1.807, 2.05) is 5.32 Å². The van der Waals surface area contributed by atoms with Gasteiger partial charge in [-0.3, -0.25) is 0 Å². The summed E-state index contributed by atoms with van der Waals surface area (Å²) in [6.07, 6.45) is -3.81. The molecule has 0 saturated heterocycles. The van der Waals surface area contributed by atoms with Crippen LogP contribution in [0.4, 0.5) is 29.1 Å². The lowest BCUT2D eigenvalue weighted by atomic mass is 10.3. The van der Waals surface area contributed by atoms with Crippen molar-refractivity contribution in [2.75, 3.05) is 24.7 Å². The molecular weight excluding hydrogens is 270 g/mol. The molecule has 0 unspecified atom stereocenters. The smallest absolute Gasteiger partial charge is 0.356 e. The number of aromatic nitrogens is 1. The Labute approximate surface area is 105 Å². The number of hydrogen-bond acceptors (Lipinski definition) is 5. The minimum absolute atomic E-state index is 0.0577. The van der Waals surface area contributed by atoms with Gasteiger partial charge in [0.1, 0.15) is 5.82 Å². The van der Waals surface area contributed by atoms with Crippen LogP contribution in [0.25, 0.3) is 0 Å². The van der Waals surface area contributed by atoms with Crippen LogP contribution < -0.4 is 11.1 Å². The SMILES string of the molecule is COC(=O)c1ccc(N)c(NCC(F)(F)C(F)F)n1. The number of methoxy groups -OCH3 is 1. The van der Waals surface area contributed by atoms with Crippen LogP contribution >= 0.6 is 0 Å². The predicted molar refractivity (Wildman–Crippen MR) is 59.4 cm³/mol. The fourth-order valence-electron chi connectivity index (χ4n) is 1.11. The third kappa shape index (κ3) is 3.70. The average Bonchev–Trinajstić information content (AvgIpc) is 2.36. The molecular formula is C10H11F4N3O2. The Hall–Kier alpha value is -2.06. The largest absolute Gasteiger partial charge is 0.464 e. The van der Waals surface area contributed by atoms with Crippen LogP contribution in [0.1, 0.15) is 10.5 Å². The second-order valence-electron chi connectivity index (χ2n) is 3.54. The number of nitrogens with one attached hydrogen (secondary N) is 1. The normalized spacial score (nSPS) is 11.5. The monoisotopic (exact) mass is 281 g/mol. The first-order chi connectivity index (χ1) is 8.77. The molecule has 1 aromatic rings. The zero-order chi connectivity index (χ0) is 14.6. The molecule has 0 aromatic carbocycles. The maximum Gasteiger partial charge on any atom is 0.356 e. The van der Waals surface area contributed by atoms with Gasteiger partial charge >= 0.3 is 18.3 Å². The molecule has 1 aromatic heterocycles. The Morgan fingerprint density at radius 1 is 1.53 bits per heavy atom. The first kappa shape index (κ1) is 15.0. The minimum Gasteiger partial charge on any atom is -0.464 e. The van der Waals surface area contributed by atoms with Crippen molar-refractivity contribution in [1.29, 1.82) is 0 Å². The van der Waals surface area contributed by atoms with E-state index in [4.69, 9.17) is 5.73 Å². The molecule has 0 aliphatic carbocycles. The number of ether oxygens (including phenoxy) is 1. The third-order valence-corrected chi connectivity index (χ3v) is 2.13. The number of anilines is 2. The van der Waals surface area contributed by atoms with E-state index in [1.54, 1.807) is 0 Å². The lowest BCUT2D eigenvalue weighted by Gasteiger charge is -2.17. The molecule has 0 aliphatic heterocycles. The number of alkyl halides is 4. The number of rotatable bonds is 5. The van der Waals surface area contributed by atoms with Gasteiger partial charge < -0.3 is 15.8 Å². The van der Waals surface area contributed by atoms with Gasteiger partial charge in [0, 0.05) is 0 Å². The number of carbonyl (C=O) groups is 1. The standard InChI is InChI=1S/C10H11F4N3O2/c1-19-8(18)6-3-2-5(15)7(17-6)16-4-10(13,14)9(11)12/h2-3,9H,4,15H2,1H3,(H,16,17). The van der Waals surface area contributed by atoms with Crippen LogP contribution in [0.3, 0.4) is 0 Å². The zero-order valence-corrected chi connectivity index (χ0v) is 9.79. The maximum atomic E-state index is 12.7. The van der Waals surface area contributed by atoms with Crippen molar-refractivity contribution in [3.63, 3.8) is 0 Å². The van der Waals surface area contributed by atoms with Crippen LogP contribution in [0.15, 0.2) is 12.1 Å². The summed E-state index contributed by atoms with van der Waals surface area (Å²) in [7, 11) is 1.11. The molecule has 0 saturated carbocycles. The molecule has 1 heterocycles. The van der Waals surface area contributed by atoms with Gasteiger partial charge in [-0.2, -0.15) is 8.78 Å². The molecule has 0 radical (unpaired) electrons. The molecule has 9 heteroatoms. The van der Waals surface area contributed by atoms with Crippen LogP contribution in [0, 0.1) is 0 Å². The highest BCUT2D eigenvalue weighted by Crippen LogP contribution is 2.24. The molecule has 3 N–H and O–H groups in total. The molecule has 5 nitrogen and oxygen atoms in total. The van der Waals surface area contributed by atoms with E-state index >= 15 is 0 Å². The van der Waals surface area contributed by atoms with E-state index in [9.17, 15) is 22.4 Å². The van der Waals surface area contributed by atoms with E-state index in [0.29, 0.717) is 0 Å². The Bertz CT molecular complexity index is 468. The van der Waals surface area contributed by atoms with Crippen molar-refractivity contribution in [3.8, 4) is 0 Å². The van der Waals surface area contributed by atoms with Gasteiger partial charge in [-0.1, -0.05) is 0 Å². The molecule has 0 fully saturated rings. The number of halogens is 4. The lowest BCUT2D eigenvalue weighted by Crippen LogP contribution is -2.35. The van der Waals surface area contributed by atoms with E-state index in [-0.39, 0.29) is 17.2 Å². The Balaban J connectivity index is 2.86. The molecule has 0 aliphatic rings. The van der Waals surface area contributed by atoms with Crippen LogP contribution in [-0.2, 0) is 4.74 Å². The van der Waals surface area contributed by atoms with Gasteiger partial charge in [-0.15, -0.1) is 0 Å². The van der Waals surface area contributed by atoms with Crippen molar-refractivity contribution in [1.82, 2.24) is 4.98 Å². The van der Waals surface area contributed by atoms with Crippen molar-refractivity contribution in [2.24, 2.45) is 0 Å². The van der Waals surface area contributed by atoms with Crippen LogP contribution in [-0.4, -0.2) is 37.0 Å². The second kappa shape index (κ2) is 5.72. The van der Waals surface area contributed by atoms with Gasteiger partial charge in [-0.05, 0) is 12.1 Å². The fourth-order valence-corrected chi connectivity index (χ4v) is 1.11. The number of carbonyl (C=O) groups excluding carboxylic acids is 1. The van der Waals surface area contributed by atoms with Crippen molar-refractivity contribution in [3.05, 3.63) is 17.8 Å². The summed E-state index contributed by atoms with van der Waals surface area (Å²) in [6.45, 7) is -1.35. The van der Waals surface area contributed by atoms with E-state index in [2.05, 4.69) is 9.72 Å². The average molecular weight is 281 g/mol. The summed E-state index contributed by atoms with van der Waals surface area (Å²) in [5, 5.41) is 1.98. The van der Waals surface area contributed by atoms with E-state index < -0.39 is 24.9 Å². The summed E-state index contributed by atoms with van der Waals surface area (Å²) in [5.41, 5.74) is 5.19. The highest BCUT2D eigenvalue weighted by molar-refractivity contribution is 5.88. The highest BCUT2D eigenvalue weighted by Gasteiger charge is 2.40. The van der Waals surface area contributed by atoms with Gasteiger partial charge in [-0.25, -0.2) is 18.6 Å². The minimum atomic E-state index is -4.23. The number of hydrogen-bond donors (Lipinski definition) is 2. The van der Waals surface area contributed by atoms with Crippen LogP contribution in [0.2, 0.25) is 0 Å². The van der Waals surface area contributed by atoms with Gasteiger partial charge in [0.2, 0.25) is 0 Å². The molecule has 106 valence electrons. The van der Waals surface area contributed by atoms with Gasteiger partial charge in [0.25, 0.3) is 0 Å². The number of esters is 1. The number of nitrogen functional groups attached to an aromatic ring is 1. The summed E-state index contributed by atoms with van der Waals surface area (Å²) in [6, 6.07) is 2.44. The van der Waals surface area contributed by atoms with Crippen molar-refractivity contribution in [2.45, 2.75) is 12.3 Å². The van der Waals surface area contributed by atoms with Gasteiger partial charge in [0.15, 0.2) is 5.69 Å². The lowest BCUT2D eigenvalue weighted by molar-refractivity contribution is -0.117. The predicted octanol–water partition coefficient (Wildman–Crippen LogP) is 1.76. The maximum absolute atomic E-state index is 12.7.